The highest BCUT2D eigenvalue weighted by Gasteiger charge is 2.18. The van der Waals surface area contributed by atoms with Crippen LogP contribution in [0.25, 0.3) is 5.52 Å². The van der Waals surface area contributed by atoms with Crippen LogP contribution in [0.5, 0.6) is 0 Å². The van der Waals surface area contributed by atoms with E-state index in [4.69, 9.17) is 5.10 Å². The molecule has 0 saturated carbocycles. The van der Waals surface area contributed by atoms with E-state index in [0.717, 1.165) is 13.1 Å². The summed E-state index contributed by atoms with van der Waals surface area (Å²) in [6, 6.07) is 8.57. The minimum absolute atomic E-state index is 0.639. The van der Waals surface area contributed by atoms with Crippen molar-refractivity contribution in [2.75, 3.05) is 13.1 Å². The van der Waals surface area contributed by atoms with Gasteiger partial charge in [0.15, 0.2) is 0 Å². The maximum atomic E-state index is 4.72. The van der Waals surface area contributed by atoms with Crippen LogP contribution in [0.4, 0.5) is 0 Å². The summed E-state index contributed by atoms with van der Waals surface area (Å²) >= 11 is 0. The fourth-order valence-electron chi connectivity index (χ4n) is 2.49. The van der Waals surface area contributed by atoms with Crippen LogP contribution in [0.15, 0.2) is 24.3 Å². The average Bonchev–Trinajstić information content (AvgIpc) is 2.76. The SMILES string of the molecule is Cc1cccc2cc(C3CCNCC3)nn12. The Hall–Kier alpha value is -1.35. The summed E-state index contributed by atoms with van der Waals surface area (Å²) in [6.45, 7) is 4.35. The van der Waals surface area contributed by atoms with Crippen LogP contribution >= 0.6 is 0 Å². The third-order valence-corrected chi connectivity index (χ3v) is 3.45. The van der Waals surface area contributed by atoms with Crippen LogP contribution in [0.2, 0.25) is 0 Å². The molecule has 0 aliphatic carbocycles. The molecule has 1 N–H and O–H groups in total. The predicted molar refractivity (Wildman–Crippen MR) is 64.8 cm³/mol. The smallest absolute Gasteiger partial charge is 0.0667 e. The summed E-state index contributed by atoms with van der Waals surface area (Å²) in [5.41, 5.74) is 3.68. The molecule has 2 aromatic heterocycles. The number of hydrogen-bond donors (Lipinski definition) is 1. The molecule has 3 rings (SSSR count). The second-order valence-electron chi connectivity index (χ2n) is 4.60. The van der Waals surface area contributed by atoms with E-state index in [-0.39, 0.29) is 0 Å². The lowest BCUT2D eigenvalue weighted by molar-refractivity contribution is 0.451. The number of aryl methyl sites for hydroxylation is 1. The van der Waals surface area contributed by atoms with E-state index in [9.17, 15) is 0 Å². The van der Waals surface area contributed by atoms with Crippen LogP contribution in [0, 0.1) is 6.92 Å². The largest absolute Gasteiger partial charge is 0.317 e. The molecule has 0 atom stereocenters. The van der Waals surface area contributed by atoms with E-state index in [2.05, 4.69) is 41.0 Å². The number of pyridine rings is 1. The second-order valence-corrected chi connectivity index (χ2v) is 4.60. The molecule has 0 amide bonds. The van der Waals surface area contributed by atoms with Gasteiger partial charge in [0.05, 0.1) is 11.2 Å². The molecule has 0 spiro atoms. The number of aromatic nitrogens is 2. The first-order chi connectivity index (χ1) is 7.84. The molecule has 1 saturated heterocycles. The number of nitrogens with zero attached hydrogens (tertiary/aromatic N) is 2. The molecular formula is C13H17N3. The van der Waals surface area contributed by atoms with Crippen molar-refractivity contribution in [3.8, 4) is 0 Å². The first kappa shape index (κ1) is 9.85. The minimum atomic E-state index is 0.639. The van der Waals surface area contributed by atoms with Crippen LogP contribution in [0.1, 0.15) is 30.1 Å². The van der Waals surface area contributed by atoms with Gasteiger partial charge in [0, 0.05) is 11.6 Å². The Morgan fingerprint density at radius 1 is 1.31 bits per heavy atom. The Morgan fingerprint density at radius 3 is 2.88 bits per heavy atom. The molecule has 3 heterocycles. The van der Waals surface area contributed by atoms with Crippen LogP contribution in [-0.4, -0.2) is 22.7 Å². The zero-order valence-electron chi connectivity index (χ0n) is 9.61. The van der Waals surface area contributed by atoms with Gasteiger partial charge in [-0.1, -0.05) is 6.07 Å². The highest BCUT2D eigenvalue weighted by atomic mass is 15.2. The van der Waals surface area contributed by atoms with Crippen LogP contribution in [0.3, 0.4) is 0 Å². The van der Waals surface area contributed by atoms with Crippen molar-refractivity contribution in [3.05, 3.63) is 35.7 Å². The maximum absolute atomic E-state index is 4.72. The highest BCUT2D eigenvalue weighted by molar-refractivity contribution is 5.49. The molecule has 84 valence electrons. The first-order valence-corrected chi connectivity index (χ1v) is 6.00. The zero-order chi connectivity index (χ0) is 11.0. The molecule has 16 heavy (non-hydrogen) atoms. The molecule has 1 aliphatic heterocycles. The lowest BCUT2D eigenvalue weighted by Gasteiger charge is -2.20. The monoisotopic (exact) mass is 215 g/mol. The molecule has 3 heteroatoms. The number of nitrogens with one attached hydrogen (secondary N) is 1. The van der Waals surface area contributed by atoms with E-state index in [1.807, 2.05) is 0 Å². The molecule has 0 radical (unpaired) electrons. The first-order valence-electron chi connectivity index (χ1n) is 6.00. The van der Waals surface area contributed by atoms with E-state index >= 15 is 0 Å². The van der Waals surface area contributed by atoms with Gasteiger partial charge in [0.25, 0.3) is 0 Å². The minimum Gasteiger partial charge on any atom is -0.317 e. The Labute approximate surface area is 95.5 Å². The zero-order valence-corrected chi connectivity index (χ0v) is 9.61. The third-order valence-electron chi connectivity index (χ3n) is 3.45. The van der Waals surface area contributed by atoms with Crippen molar-refractivity contribution in [2.45, 2.75) is 25.7 Å². The van der Waals surface area contributed by atoms with E-state index in [0.29, 0.717) is 5.92 Å². The molecule has 1 aliphatic rings. The summed E-state index contributed by atoms with van der Waals surface area (Å²) in [5.74, 6) is 0.639. The quantitative estimate of drug-likeness (QED) is 0.789. The van der Waals surface area contributed by atoms with Crippen molar-refractivity contribution < 1.29 is 0 Å². The van der Waals surface area contributed by atoms with Crippen molar-refractivity contribution in [3.63, 3.8) is 0 Å². The summed E-state index contributed by atoms with van der Waals surface area (Å²) in [4.78, 5) is 0. The van der Waals surface area contributed by atoms with E-state index in [1.54, 1.807) is 0 Å². The molecule has 0 bridgehead atoms. The summed E-state index contributed by atoms with van der Waals surface area (Å²) < 4.78 is 2.05. The molecule has 1 fully saturated rings. The Bertz CT molecular complexity index is 495. The van der Waals surface area contributed by atoms with E-state index in [1.165, 1.54) is 29.7 Å². The fraction of sp³-hybridized carbons (Fsp3) is 0.462. The normalized spacial score (nSPS) is 18.1. The molecule has 0 unspecified atom stereocenters. The topological polar surface area (TPSA) is 29.3 Å². The number of fused-ring (bicyclic) bond motifs is 1. The lowest BCUT2D eigenvalue weighted by Crippen LogP contribution is -2.26. The molecular weight excluding hydrogens is 198 g/mol. The van der Waals surface area contributed by atoms with Crippen molar-refractivity contribution in [1.82, 2.24) is 14.9 Å². The van der Waals surface area contributed by atoms with Gasteiger partial charge in [0.1, 0.15) is 0 Å². The molecule has 2 aromatic rings. The van der Waals surface area contributed by atoms with Gasteiger partial charge < -0.3 is 5.32 Å². The maximum Gasteiger partial charge on any atom is 0.0667 e. The van der Waals surface area contributed by atoms with Gasteiger partial charge in [-0.05, 0) is 51.1 Å². The lowest BCUT2D eigenvalue weighted by atomic mass is 9.95. The summed E-state index contributed by atoms with van der Waals surface area (Å²) in [7, 11) is 0. The Kier molecular flexibility index (Phi) is 2.40. The van der Waals surface area contributed by atoms with Gasteiger partial charge in [-0.3, -0.25) is 0 Å². The van der Waals surface area contributed by atoms with Crippen molar-refractivity contribution in [2.24, 2.45) is 0 Å². The summed E-state index contributed by atoms with van der Waals surface area (Å²) in [5, 5.41) is 8.12. The molecule has 0 aromatic carbocycles. The number of rotatable bonds is 1. The van der Waals surface area contributed by atoms with Gasteiger partial charge in [-0.2, -0.15) is 5.10 Å². The Balaban J connectivity index is 2.01. The molecule has 3 nitrogen and oxygen atoms in total. The summed E-state index contributed by atoms with van der Waals surface area (Å²) in [6.07, 6.45) is 2.42. The third kappa shape index (κ3) is 1.61. The van der Waals surface area contributed by atoms with Gasteiger partial charge >= 0.3 is 0 Å². The van der Waals surface area contributed by atoms with Gasteiger partial charge in [0.2, 0.25) is 0 Å². The van der Waals surface area contributed by atoms with Crippen LogP contribution < -0.4 is 5.32 Å². The van der Waals surface area contributed by atoms with Crippen molar-refractivity contribution >= 4 is 5.52 Å². The number of hydrogen-bond acceptors (Lipinski definition) is 2. The van der Waals surface area contributed by atoms with Gasteiger partial charge in [-0.15, -0.1) is 0 Å². The van der Waals surface area contributed by atoms with Crippen LogP contribution in [-0.2, 0) is 0 Å². The Morgan fingerprint density at radius 2 is 2.12 bits per heavy atom. The predicted octanol–water partition coefficient (Wildman–Crippen LogP) is 2.11. The average molecular weight is 215 g/mol. The standard InChI is InChI=1S/C13H17N3/c1-10-3-2-4-12-9-13(15-16(10)12)11-5-7-14-8-6-11/h2-4,9,11,14H,5-8H2,1H3. The van der Waals surface area contributed by atoms with E-state index < -0.39 is 0 Å². The second kappa shape index (κ2) is 3.91. The van der Waals surface area contributed by atoms with Gasteiger partial charge in [-0.25, -0.2) is 4.52 Å². The highest BCUT2D eigenvalue weighted by Crippen LogP contribution is 2.25. The number of piperidine rings is 1. The fourth-order valence-corrected chi connectivity index (χ4v) is 2.49. The van der Waals surface area contributed by atoms with Crippen molar-refractivity contribution in [1.29, 1.82) is 0 Å².